The lowest BCUT2D eigenvalue weighted by atomic mass is 9.88. The number of aromatic nitrogens is 7. The molecule has 7 rings (SSSR count). The molecule has 3 fully saturated rings. The molecule has 12 nitrogen and oxygen atoms in total. The Morgan fingerprint density at radius 3 is 2.61 bits per heavy atom. The summed E-state index contributed by atoms with van der Waals surface area (Å²) in [6.07, 6.45) is 5.02. The van der Waals surface area contributed by atoms with Crippen LogP contribution in [0.2, 0.25) is 0 Å². The van der Waals surface area contributed by atoms with Crippen LogP contribution < -0.4 is 15.5 Å². The molecule has 3 saturated heterocycles. The van der Waals surface area contributed by atoms with Crippen molar-refractivity contribution in [2.24, 2.45) is 0 Å². The van der Waals surface area contributed by atoms with E-state index in [2.05, 4.69) is 40.8 Å². The first-order valence-electron chi connectivity index (χ1n) is 12.5. The molecule has 4 aromatic rings. The van der Waals surface area contributed by atoms with Gasteiger partial charge >= 0.3 is 6.03 Å². The fourth-order valence-corrected chi connectivity index (χ4v) is 5.03. The first-order valence-corrected chi connectivity index (χ1v) is 12.5. The smallest absolute Gasteiger partial charge is 0.318 e. The summed E-state index contributed by atoms with van der Waals surface area (Å²) in [5.41, 5.74) is 2.66. The van der Waals surface area contributed by atoms with Crippen LogP contribution >= 0.6 is 0 Å². The number of rotatable bonds is 6. The van der Waals surface area contributed by atoms with Crippen LogP contribution in [0, 0.1) is 19.7 Å². The van der Waals surface area contributed by atoms with Crippen LogP contribution in [0.25, 0.3) is 5.82 Å². The van der Waals surface area contributed by atoms with Gasteiger partial charge in [0.1, 0.15) is 5.82 Å². The van der Waals surface area contributed by atoms with Gasteiger partial charge < -0.3 is 20.4 Å². The summed E-state index contributed by atoms with van der Waals surface area (Å²) >= 11 is 0. The predicted octanol–water partition coefficient (Wildman–Crippen LogP) is 3.01. The van der Waals surface area contributed by atoms with E-state index in [4.69, 9.17) is 4.98 Å². The molecular formula is C25H28FN11O. The highest BCUT2D eigenvalue weighted by atomic mass is 19.1. The van der Waals surface area contributed by atoms with Crippen molar-refractivity contribution >= 4 is 23.6 Å². The number of aromatic amines is 1. The number of carbonyl (C=O) groups excluding carboxylic acids is 1. The monoisotopic (exact) mass is 517 g/mol. The molecule has 3 aliphatic rings. The van der Waals surface area contributed by atoms with Gasteiger partial charge in [0.25, 0.3) is 0 Å². The van der Waals surface area contributed by atoms with Gasteiger partial charge in [-0.05, 0) is 38.8 Å². The van der Waals surface area contributed by atoms with Gasteiger partial charge in [0.2, 0.25) is 5.95 Å². The maximum absolute atomic E-state index is 13.2. The number of nitrogens with zero attached hydrogens (tertiary/aromatic N) is 8. The van der Waals surface area contributed by atoms with Gasteiger partial charge in [-0.3, -0.25) is 5.10 Å². The maximum Gasteiger partial charge on any atom is 0.318 e. The Bertz CT molecular complexity index is 1450. The van der Waals surface area contributed by atoms with Crippen molar-refractivity contribution in [3.8, 4) is 5.82 Å². The second kappa shape index (κ2) is 9.39. The third-order valence-corrected chi connectivity index (χ3v) is 6.91. The zero-order valence-electron chi connectivity index (χ0n) is 21.3. The third-order valence-electron chi connectivity index (χ3n) is 6.91. The minimum absolute atomic E-state index is 0.0886. The molecule has 3 aliphatic heterocycles. The largest absolute Gasteiger partial charge is 0.337 e. The van der Waals surface area contributed by atoms with Crippen molar-refractivity contribution in [3.05, 3.63) is 65.6 Å². The molecule has 0 saturated carbocycles. The molecule has 2 amide bonds. The number of hydrogen-bond acceptors (Lipinski definition) is 8. The molecule has 13 heteroatoms. The van der Waals surface area contributed by atoms with Crippen LogP contribution in [0.15, 0.2) is 42.9 Å². The number of aryl methyl sites for hydroxylation is 2. The van der Waals surface area contributed by atoms with E-state index in [-0.39, 0.29) is 24.2 Å². The van der Waals surface area contributed by atoms with Crippen molar-refractivity contribution in [1.82, 2.24) is 45.1 Å². The normalized spacial score (nSPS) is 19.2. The molecule has 0 radical (unpaired) electrons. The minimum Gasteiger partial charge on any atom is -0.337 e. The molecule has 0 aliphatic carbocycles. The molecule has 0 spiro atoms. The van der Waals surface area contributed by atoms with Gasteiger partial charge in [0.05, 0.1) is 30.5 Å². The fourth-order valence-electron chi connectivity index (χ4n) is 5.03. The SMILES string of the molecule is Cc1cc(Nc2cc(C)[nH]n2)nc(N2CC3CC(C2)N3C(=O)N[C@@H](C)c2ccc(-n3cc(F)cn3)nc2)n1. The number of piperidine rings is 1. The zero-order chi connectivity index (χ0) is 26.4. The average molecular weight is 518 g/mol. The summed E-state index contributed by atoms with van der Waals surface area (Å²) in [6.45, 7) is 7.13. The number of amides is 2. The van der Waals surface area contributed by atoms with E-state index in [1.807, 2.05) is 43.9 Å². The topological polar surface area (TPSA) is 133 Å². The van der Waals surface area contributed by atoms with Crippen LogP contribution in [0.3, 0.4) is 0 Å². The Morgan fingerprint density at radius 1 is 1.13 bits per heavy atom. The number of nitrogens with one attached hydrogen (secondary N) is 3. The molecule has 0 aromatic carbocycles. The number of carbonyl (C=O) groups is 1. The average Bonchev–Trinajstić information content (AvgIpc) is 3.51. The second-order valence-electron chi connectivity index (χ2n) is 9.84. The van der Waals surface area contributed by atoms with E-state index in [9.17, 15) is 9.18 Å². The first kappa shape index (κ1) is 23.8. The molecule has 4 aromatic heterocycles. The standard InChI is InChI=1S/C25H28FN11O/c1-14-6-21(31-22-7-15(2)33-34-22)32-24(29-14)35-12-19-8-20(13-35)37(19)25(38)30-16(3)17-4-5-23(27-9-17)36-11-18(26)10-28-36/h4-7,9-11,16,19-20H,8,12-13H2,1-3H3,(H,30,38)(H2,29,31,32,33,34)/t16-,19?,20?/m0/s1. The Balaban J connectivity index is 1.08. The molecule has 38 heavy (non-hydrogen) atoms. The van der Waals surface area contributed by atoms with Crippen LogP contribution in [0.5, 0.6) is 0 Å². The van der Waals surface area contributed by atoms with Crippen molar-refractivity contribution in [2.45, 2.75) is 45.3 Å². The van der Waals surface area contributed by atoms with Crippen LogP contribution in [0.1, 0.15) is 36.3 Å². The van der Waals surface area contributed by atoms with E-state index in [1.165, 1.54) is 10.9 Å². The lowest BCUT2D eigenvalue weighted by Gasteiger charge is -2.56. The highest BCUT2D eigenvalue weighted by molar-refractivity contribution is 5.77. The number of halogens is 1. The molecule has 2 bridgehead atoms. The number of urea groups is 1. The van der Waals surface area contributed by atoms with Gasteiger partial charge in [0.15, 0.2) is 17.5 Å². The zero-order valence-corrected chi connectivity index (χ0v) is 21.3. The lowest BCUT2D eigenvalue weighted by molar-refractivity contribution is 0.0352. The molecule has 2 unspecified atom stereocenters. The Labute approximate surface area is 218 Å². The number of piperazine rings is 1. The fraction of sp³-hybridized carbons (Fsp3) is 0.360. The number of fused-ring (bicyclic) bond motifs is 2. The van der Waals surface area contributed by atoms with E-state index < -0.39 is 5.82 Å². The quantitative estimate of drug-likeness (QED) is 0.356. The van der Waals surface area contributed by atoms with E-state index in [0.717, 1.165) is 29.6 Å². The van der Waals surface area contributed by atoms with Crippen LogP contribution in [0.4, 0.5) is 26.8 Å². The highest BCUT2D eigenvalue weighted by Gasteiger charge is 2.48. The maximum atomic E-state index is 13.2. The summed E-state index contributed by atoms with van der Waals surface area (Å²) in [7, 11) is 0. The summed E-state index contributed by atoms with van der Waals surface area (Å²) in [4.78, 5) is 30.9. The Kier molecular flexibility index (Phi) is 5.89. The second-order valence-corrected chi connectivity index (χ2v) is 9.84. The number of H-pyrrole nitrogens is 1. The molecule has 7 heterocycles. The molecule has 3 atom stereocenters. The van der Waals surface area contributed by atoms with Gasteiger partial charge in [-0.15, -0.1) is 0 Å². The van der Waals surface area contributed by atoms with Crippen molar-refractivity contribution in [1.29, 1.82) is 0 Å². The van der Waals surface area contributed by atoms with E-state index in [0.29, 0.717) is 36.5 Å². The van der Waals surface area contributed by atoms with Gasteiger partial charge in [-0.1, -0.05) is 6.07 Å². The summed E-state index contributed by atoms with van der Waals surface area (Å²) < 4.78 is 14.6. The van der Waals surface area contributed by atoms with Crippen LogP contribution in [-0.4, -0.2) is 71.0 Å². The minimum atomic E-state index is -0.426. The van der Waals surface area contributed by atoms with Gasteiger partial charge in [-0.2, -0.15) is 15.2 Å². The number of anilines is 3. The highest BCUT2D eigenvalue weighted by Crippen LogP contribution is 2.34. The molecule has 196 valence electrons. The first-order chi connectivity index (χ1) is 18.3. The predicted molar refractivity (Wildman–Crippen MR) is 138 cm³/mol. The molecular weight excluding hydrogens is 489 g/mol. The summed E-state index contributed by atoms with van der Waals surface area (Å²) in [6, 6.07) is 7.24. The number of hydrogen-bond donors (Lipinski definition) is 3. The van der Waals surface area contributed by atoms with Crippen molar-refractivity contribution in [3.63, 3.8) is 0 Å². The number of pyridine rings is 1. The van der Waals surface area contributed by atoms with Gasteiger partial charge in [0, 0.05) is 42.8 Å². The summed E-state index contributed by atoms with van der Waals surface area (Å²) in [5, 5.41) is 17.4. The van der Waals surface area contributed by atoms with E-state index in [1.54, 1.807) is 12.3 Å². The Hall–Kier alpha value is -4.55. The molecule has 3 N–H and O–H groups in total. The van der Waals surface area contributed by atoms with Crippen LogP contribution in [-0.2, 0) is 0 Å². The van der Waals surface area contributed by atoms with Gasteiger partial charge in [-0.25, -0.2) is 23.8 Å². The summed E-state index contributed by atoms with van der Waals surface area (Å²) in [5.74, 6) is 2.10. The van der Waals surface area contributed by atoms with E-state index >= 15 is 0 Å². The Morgan fingerprint density at radius 2 is 1.95 bits per heavy atom. The third kappa shape index (κ3) is 4.62. The van der Waals surface area contributed by atoms with Crippen molar-refractivity contribution < 1.29 is 9.18 Å². The lowest BCUT2D eigenvalue weighted by Crippen LogP contribution is -2.72. The van der Waals surface area contributed by atoms with Crippen molar-refractivity contribution in [2.75, 3.05) is 23.3 Å².